The van der Waals surface area contributed by atoms with Crippen LogP contribution in [0.2, 0.25) is 0 Å². The Morgan fingerprint density at radius 1 is 1.20 bits per heavy atom. The van der Waals surface area contributed by atoms with Crippen LogP contribution in [0.15, 0.2) is 0 Å². The molecule has 2 fully saturated rings. The molecule has 20 heavy (non-hydrogen) atoms. The molecular formula is C15H26N2O3. The minimum atomic E-state index is -0.868. The lowest BCUT2D eigenvalue weighted by atomic mass is 10.1. The lowest BCUT2D eigenvalue weighted by Crippen LogP contribution is -2.54. The summed E-state index contributed by atoms with van der Waals surface area (Å²) < 4.78 is 0. The normalized spacial score (nSPS) is 19.0. The molecule has 2 N–H and O–H groups in total. The highest BCUT2D eigenvalue weighted by Crippen LogP contribution is 2.44. The topological polar surface area (TPSA) is 69.6 Å². The van der Waals surface area contributed by atoms with Crippen LogP contribution in [0.3, 0.4) is 0 Å². The van der Waals surface area contributed by atoms with Crippen LogP contribution in [0, 0.1) is 11.8 Å². The van der Waals surface area contributed by atoms with Gasteiger partial charge in [0.25, 0.3) is 0 Å². The highest BCUT2D eigenvalue weighted by Gasteiger charge is 2.43. The number of carboxylic acid groups (broad SMARTS) is 1. The smallest absolute Gasteiger partial charge is 0.318 e. The van der Waals surface area contributed by atoms with E-state index in [1.807, 2.05) is 20.8 Å². The van der Waals surface area contributed by atoms with Gasteiger partial charge in [0.1, 0.15) is 0 Å². The number of hydrogen-bond acceptors (Lipinski definition) is 2. The fraction of sp³-hybridized carbons (Fsp3) is 0.867. The molecule has 0 atom stereocenters. The number of hydrogen-bond donors (Lipinski definition) is 2. The predicted octanol–water partition coefficient (Wildman–Crippen LogP) is 2.46. The van der Waals surface area contributed by atoms with E-state index in [4.69, 9.17) is 5.11 Å². The number of carboxylic acids is 1. The third-order valence-corrected chi connectivity index (χ3v) is 4.15. The van der Waals surface area contributed by atoms with Crippen molar-refractivity contribution >= 4 is 12.0 Å². The van der Waals surface area contributed by atoms with Gasteiger partial charge in [-0.05, 0) is 58.3 Å². The zero-order valence-electron chi connectivity index (χ0n) is 12.7. The number of aliphatic carboxylic acids is 1. The molecule has 0 aliphatic heterocycles. The van der Waals surface area contributed by atoms with Crippen molar-refractivity contribution in [2.24, 2.45) is 11.8 Å². The minimum Gasteiger partial charge on any atom is -0.481 e. The van der Waals surface area contributed by atoms with E-state index >= 15 is 0 Å². The summed E-state index contributed by atoms with van der Waals surface area (Å²) in [5, 5.41) is 12.0. The number of amides is 2. The average Bonchev–Trinajstić information content (AvgIpc) is 3.15. The molecule has 0 aromatic carbocycles. The Morgan fingerprint density at radius 2 is 1.70 bits per heavy atom. The number of nitrogens with one attached hydrogen (secondary N) is 1. The summed E-state index contributed by atoms with van der Waals surface area (Å²) in [7, 11) is 0. The zero-order valence-corrected chi connectivity index (χ0v) is 12.7. The van der Waals surface area contributed by atoms with Gasteiger partial charge in [-0.15, -0.1) is 0 Å². The molecule has 2 rings (SSSR count). The highest BCUT2D eigenvalue weighted by molar-refractivity contribution is 5.76. The Hall–Kier alpha value is -1.26. The summed E-state index contributed by atoms with van der Waals surface area (Å²) in [5.74, 6) is 0.425. The van der Waals surface area contributed by atoms with Gasteiger partial charge in [-0.3, -0.25) is 4.79 Å². The van der Waals surface area contributed by atoms with Gasteiger partial charge < -0.3 is 15.3 Å². The van der Waals surface area contributed by atoms with Crippen LogP contribution in [0.4, 0.5) is 4.79 Å². The average molecular weight is 282 g/mol. The Labute approximate surface area is 120 Å². The van der Waals surface area contributed by atoms with E-state index in [9.17, 15) is 9.59 Å². The maximum absolute atomic E-state index is 12.5. The summed E-state index contributed by atoms with van der Waals surface area (Å²) in [5.41, 5.74) is -0.364. The van der Waals surface area contributed by atoms with Crippen molar-refractivity contribution in [3.63, 3.8) is 0 Å². The maximum Gasteiger partial charge on any atom is 0.318 e. The summed E-state index contributed by atoms with van der Waals surface area (Å²) in [6.07, 6.45) is 4.85. The first-order chi connectivity index (χ1) is 9.29. The van der Waals surface area contributed by atoms with Crippen molar-refractivity contribution in [1.82, 2.24) is 10.2 Å². The van der Waals surface area contributed by atoms with Gasteiger partial charge in [-0.1, -0.05) is 0 Å². The quantitative estimate of drug-likeness (QED) is 0.786. The number of carbonyl (C=O) groups excluding carboxylic acids is 1. The Bertz CT molecular complexity index is 369. The van der Waals surface area contributed by atoms with E-state index in [1.165, 1.54) is 25.7 Å². The third-order valence-electron chi connectivity index (χ3n) is 4.15. The largest absolute Gasteiger partial charge is 0.481 e. The van der Waals surface area contributed by atoms with E-state index in [0.29, 0.717) is 17.9 Å². The van der Waals surface area contributed by atoms with Gasteiger partial charge in [0.15, 0.2) is 0 Å². The Balaban J connectivity index is 1.95. The molecule has 2 aliphatic rings. The van der Waals surface area contributed by atoms with Crippen LogP contribution in [0.25, 0.3) is 0 Å². The maximum atomic E-state index is 12.5. The van der Waals surface area contributed by atoms with Gasteiger partial charge in [0.05, 0.1) is 6.42 Å². The molecule has 2 saturated carbocycles. The van der Waals surface area contributed by atoms with Crippen LogP contribution in [-0.2, 0) is 4.79 Å². The van der Waals surface area contributed by atoms with Crippen LogP contribution in [-0.4, -0.2) is 40.1 Å². The highest BCUT2D eigenvalue weighted by atomic mass is 16.4. The van der Waals surface area contributed by atoms with Gasteiger partial charge in [0.2, 0.25) is 0 Å². The van der Waals surface area contributed by atoms with Crippen molar-refractivity contribution < 1.29 is 14.7 Å². The van der Waals surface area contributed by atoms with E-state index < -0.39 is 5.97 Å². The van der Waals surface area contributed by atoms with Crippen molar-refractivity contribution in [2.45, 2.75) is 64.5 Å². The first-order valence-corrected chi connectivity index (χ1v) is 7.59. The Kier molecular flexibility index (Phi) is 4.25. The second kappa shape index (κ2) is 5.62. The van der Waals surface area contributed by atoms with Crippen molar-refractivity contribution in [1.29, 1.82) is 0 Å². The lowest BCUT2D eigenvalue weighted by Gasteiger charge is -2.36. The second-order valence-electron chi connectivity index (χ2n) is 7.12. The number of rotatable bonds is 6. The molecule has 2 amide bonds. The van der Waals surface area contributed by atoms with Crippen LogP contribution < -0.4 is 5.32 Å². The Morgan fingerprint density at radius 3 is 2.05 bits per heavy atom. The van der Waals surface area contributed by atoms with Crippen molar-refractivity contribution in [3.8, 4) is 0 Å². The molecule has 5 heteroatoms. The molecular weight excluding hydrogens is 256 g/mol. The fourth-order valence-electron chi connectivity index (χ4n) is 2.70. The van der Waals surface area contributed by atoms with E-state index in [1.54, 1.807) is 4.90 Å². The molecule has 0 heterocycles. The monoisotopic (exact) mass is 282 g/mol. The second-order valence-corrected chi connectivity index (χ2v) is 7.12. The fourth-order valence-corrected chi connectivity index (χ4v) is 2.70. The molecule has 0 spiro atoms. The first-order valence-electron chi connectivity index (χ1n) is 7.59. The molecule has 0 aromatic heterocycles. The third kappa shape index (κ3) is 4.12. The van der Waals surface area contributed by atoms with Gasteiger partial charge >= 0.3 is 12.0 Å². The number of carbonyl (C=O) groups is 2. The molecule has 0 unspecified atom stereocenters. The zero-order chi connectivity index (χ0) is 14.9. The van der Waals surface area contributed by atoms with Crippen LogP contribution in [0.1, 0.15) is 52.9 Å². The molecule has 0 aromatic rings. The first kappa shape index (κ1) is 15.1. The summed E-state index contributed by atoms with van der Waals surface area (Å²) in [6, 6.07) is 0.194. The van der Waals surface area contributed by atoms with Crippen LogP contribution >= 0.6 is 0 Å². The number of nitrogens with zero attached hydrogens (tertiary/aromatic N) is 1. The molecule has 0 radical (unpaired) electrons. The standard InChI is InChI=1S/C15H26N2O3/c1-15(2,3)17(9-8-12(18)19)14(20)16-13(10-4-5-10)11-6-7-11/h10-11,13H,4-9H2,1-3H3,(H,16,20)(H,18,19). The SMILES string of the molecule is CC(C)(C)N(CCC(=O)O)C(=O)NC(C1CC1)C1CC1. The van der Waals surface area contributed by atoms with E-state index in [2.05, 4.69) is 5.32 Å². The molecule has 114 valence electrons. The van der Waals surface area contributed by atoms with E-state index in [0.717, 1.165) is 0 Å². The predicted molar refractivity (Wildman–Crippen MR) is 76.5 cm³/mol. The summed E-state index contributed by atoms with van der Waals surface area (Å²) in [4.78, 5) is 24.9. The van der Waals surface area contributed by atoms with Crippen molar-refractivity contribution in [2.75, 3.05) is 6.54 Å². The number of urea groups is 1. The summed E-state index contributed by atoms with van der Waals surface area (Å²) in [6.45, 7) is 6.08. The summed E-state index contributed by atoms with van der Waals surface area (Å²) >= 11 is 0. The molecule has 2 aliphatic carbocycles. The molecule has 0 saturated heterocycles. The van der Waals surface area contributed by atoms with Crippen LogP contribution in [0.5, 0.6) is 0 Å². The lowest BCUT2D eigenvalue weighted by molar-refractivity contribution is -0.137. The van der Waals surface area contributed by atoms with Gasteiger partial charge in [-0.25, -0.2) is 4.79 Å². The molecule has 0 bridgehead atoms. The minimum absolute atomic E-state index is 0.0117. The van der Waals surface area contributed by atoms with E-state index in [-0.39, 0.29) is 24.5 Å². The van der Waals surface area contributed by atoms with Gasteiger partial charge in [-0.2, -0.15) is 0 Å². The molecule has 5 nitrogen and oxygen atoms in total. The van der Waals surface area contributed by atoms with Crippen molar-refractivity contribution in [3.05, 3.63) is 0 Å². The van der Waals surface area contributed by atoms with Gasteiger partial charge in [0, 0.05) is 18.1 Å².